The molecule has 0 aromatic heterocycles. The van der Waals surface area contributed by atoms with E-state index in [0.717, 1.165) is 18.2 Å². The zero-order chi connectivity index (χ0) is 15.6. The number of likely N-dealkylation sites (tertiary alicyclic amines) is 1. The number of rotatable bonds is 5. The number of hydrogen-bond donors (Lipinski definition) is 0. The second-order valence-corrected chi connectivity index (χ2v) is 7.30. The van der Waals surface area contributed by atoms with Crippen LogP contribution in [-0.4, -0.2) is 49.1 Å². The van der Waals surface area contributed by atoms with E-state index in [1.54, 1.807) is 7.11 Å². The first kappa shape index (κ1) is 16.3. The highest BCUT2D eigenvalue weighted by Gasteiger charge is 2.35. The number of methoxy groups -OCH3 is 1. The normalized spacial score (nSPS) is 18.6. The van der Waals surface area contributed by atoms with Crippen molar-refractivity contribution in [2.45, 2.75) is 39.3 Å². The van der Waals surface area contributed by atoms with E-state index < -0.39 is 0 Å². The minimum absolute atomic E-state index is 0.309. The van der Waals surface area contributed by atoms with Gasteiger partial charge in [0.15, 0.2) is 0 Å². The summed E-state index contributed by atoms with van der Waals surface area (Å²) in [6, 6.07) is 8.71. The van der Waals surface area contributed by atoms with Gasteiger partial charge in [-0.05, 0) is 46.7 Å². The van der Waals surface area contributed by atoms with E-state index in [1.807, 2.05) is 12.1 Å². The molecule has 1 saturated heterocycles. The zero-order valence-corrected chi connectivity index (χ0v) is 14.4. The first-order valence-corrected chi connectivity index (χ1v) is 7.91. The van der Waals surface area contributed by atoms with Crippen LogP contribution in [0.1, 0.15) is 39.3 Å². The Bertz CT molecular complexity index is 461. The third kappa shape index (κ3) is 3.78. The molecule has 1 heterocycles. The predicted molar refractivity (Wildman–Crippen MR) is 88.9 cm³/mol. The van der Waals surface area contributed by atoms with Gasteiger partial charge in [0.25, 0.3) is 0 Å². The maximum absolute atomic E-state index is 5.49. The molecule has 1 aliphatic rings. The van der Waals surface area contributed by atoms with E-state index in [2.05, 4.69) is 56.7 Å². The lowest BCUT2D eigenvalue weighted by Crippen LogP contribution is -2.58. The van der Waals surface area contributed by atoms with Gasteiger partial charge in [0, 0.05) is 36.8 Å². The van der Waals surface area contributed by atoms with Gasteiger partial charge in [0.2, 0.25) is 0 Å². The largest absolute Gasteiger partial charge is 0.496 e. The van der Waals surface area contributed by atoms with Crippen molar-refractivity contribution in [3.05, 3.63) is 29.8 Å². The first-order valence-electron chi connectivity index (χ1n) is 7.91. The molecule has 118 valence electrons. The van der Waals surface area contributed by atoms with E-state index in [4.69, 9.17) is 4.74 Å². The fourth-order valence-electron chi connectivity index (χ4n) is 3.05. The summed E-state index contributed by atoms with van der Waals surface area (Å²) in [6.45, 7) is 12.7. The van der Waals surface area contributed by atoms with Gasteiger partial charge in [-0.15, -0.1) is 0 Å². The highest BCUT2D eigenvalue weighted by Crippen LogP contribution is 2.31. The number of para-hydroxylation sites is 1. The Morgan fingerprint density at radius 2 is 1.90 bits per heavy atom. The lowest BCUT2D eigenvalue weighted by molar-refractivity contribution is -0.00313. The molecule has 2 rings (SSSR count). The van der Waals surface area contributed by atoms with Crippen molar-refractivity contribution in [2.24, 2.45) is 5.92 Å². The van der Waals surface area contributed by atoms with Gasteiger partial charge >= 0.3 is 0 Å². The van der Waals surface area contributed by atoms with Gasteiger partial charge in [-0.2, -0.15) is 0 Å². The van der Waals surface area contributed by atoms with Gasteiger partial charge in [-0.3, -0.25) is 9.80 Å². The first-order chi connectivity index (χ1) is 9.82. The molecule has 3 heteroatoms. The lowest BCUT2D eigenvalue weighted by atomic mass is 9.91. The average molecular weight is 290 g/mol. The van der Waals surface area contributed by atoms with Crippen LogP contribution in [0.4, 0.5) is 0 Å². The maximum atomic E-state index is 5.49. The molecule has 0 aliphatic carbocycles. The summed E-state index contributed by atoms with van der Waals surface area (Å²) in [5.74, 6) is 1.77. The summed E-state index contributed by atoms with van der Waals surface area (Å²) in [4.78, 5) is 5.00. The van der Waals surface area contributed by atoms with Crippen molar-refractivity contribution < 1.29 is 4.74 Å². The maximum Gasteiger partial charge on any atom is 0.123 e. The molecule has 0 spiro atoms. The molecule has 1 aromatic carbocycles. The molecule has 0 N–H and O–H groups in total. The van der Waals surface area contributed by atoms with Crippen LogP contribution in [-0.2, 0) is 0 Å². The van der Waals surface area contributed by atoms with E-state index >= 15 is 0 Å². The Balaban J connectivity index is 1.91. The Kier molecular flexibility index (Phi) is 4.95. The van der Waals surface area contributed by atoms with Crippen LogP contribution in [0.2, 0.25) is 0 Å². The van der Waals surface area contributed by atoms with Crippen LogP contribution in [0.3, 0.4) is 0 Å². The van der Waals surface area contributed by atoms with Gasteiger partial charge in [0.1, 0.15) is 5.75 Å². The molecule has 0 unspecified atom stereocenters. The molecule has 0 bridgehead atoms. The van der Waals surface area contributed by atoms with Crippen molar-refractivity contribution in [1.82, 2.24) is 9.80 Å². The summed E-state index contributed by atoms with van der Waals surface area (Å²) in [5.41, 5.74) is 1.58. The number of nitrogens with zero attached hydrogens (tertiary/aromatic N) is 2. The molecule has 21 heavy (non-hydrogen) atoms. The smallest absolute Gasteiger partial charge is 0.123 e. The van der Waals surface area contributed by atoms with Gasteiger partial charge in [-0.25, -0.2) is 0 Å². The highest BCUT2D eigenvalue weighted by atomic mass is 16.5. The van der Waals surface area contributed by atoms with Crippen molar-refractivity contribution >= 4 is 0 Å². The topological polar surface area (TPSA) is 15.7 Å². The molecule has 1 atom stereocenters. The molecule has 0 saturated carbocycles. The van der Waals surface area contributed by atoms with E-state index in [1.165, 1.54) is 18.7 Å². The second kappa shape index (κ2) is 6.37. The summed E-state index contributed by atoms with van der Waals surface area (Å²) < 4.78 is 5.49. The Morgan fingerprint density at radius 1 is 1.29 bits per heavy atom. The van der Waals surface area contributed by atoms with Crippen LogP contribution >= 0.6 is 0 Å². The molecule has 1 aromatic rings. The Hall–Kier alpha value is -1.06. The molecule has 1 fully saturated rings. The minimum atomic E-state index is 0.309. The number of hydrogen-bond acceptors (Lipinski definition) is 3. The second-order valence-electron chi connectivity index (χ2n) is 7.30. The van der Waals surface area contributed by atoms with E-state index in [9.17, 15) is 0 Å². The highest BCUT2D eigenvalue weighted by molar-refractivity contribution is 5.35. The van der Waals surface area contributed by atoms with E-state index in [-0.39, 0.29) is 0 Å². The fourth-order valence-corrected chi connectivity index (χ4v) is 3.05. The van der Waals surface area contributed by atoms with Gasteiger partial charge in [0.05, 0.1) is 7.11 Å². The third-order valence-corrected chi connectivity index (χ3v) is 4.70. The van der Waals surface area contributed by atoms with Crippen LogP contribution in [0.25, 0.3) is 0 Å². The van der Waals surface area contributed by atoms with Gasteiger partial charge < -0.3 is 4.74 Å². The van der Waals surface area contributed by atoms with E-state index in [0.29, 0.717) is 11.6 Å². The Morgan fingerprint density at radius 3 is 2.48 bits per heavy atom. The summed E-state index contributed by atoms with van der Waals surface area (Å²) >= 11 is 0. The minimum Gasteiger partial charge on any atom is -0.496 e. The van der Waals surface area contributed by atoms with Crippen LogP contribution in [0.15, 0.2) is 24.3 Å². The monoisotopic (exact) mass is 290 g/mol. The summed E-state index contributed by atoms with van der Waals surface area (Å²) in [5, 5.41) is 0. The molecular weight excluding hydrogens is 260 g/mol. The molecule has 0 radical (unpaired) electrons. The van der Waals surface area contributed by atoms with Crippen LogP contribution in [0.5, 0.6) is 5.75 Å². The molecule has 3 nitrogen and oxygen atoms in total. The zero-order valence-electron chi connectivity index (χ0n) is 14.4. The quantitative estimate of drug-likeness (QED) is 0.826. The summed E-state index contributed by atoms with van der Waals surface area (Å²) in [6.07, 6.45) is 0. The third-order valence-electron chi connectivity index (χ3n) is 4.70. The lowest BCUT2D eigenvalue weighted by Gasteiger charge is -2.49. The molecule has 1 aliphatic heterocycles. The standard InChI is InChI=1S/C18H30N2O/c1-14(16-9-7-8-10-17(16)21-6)19(5)11-15-12-20(13-15)18(2,3)4/h7-10,14-15H,11-13H2,1-6H3/t14-/m0/s1. The number of benzene rings is 1. The predicted octanol–water partition coefficient (Wildman–Crippen LogP) is 3.42. The summed E-state index contributed by atoms with van der Waals surface area (Å²) in [7, 11) is 3.97. The van der Waals surface area contributed by atoms with Crippen molar-refractivity contribution in [3.8, 4) is 5.75 Å². The van der Waals surface area contributed by atoms with Crippen molar-refractivity contribution in [2.75, 3.05) is 33.8 Å². The van der Waals surface area contributed by atoms with Crippen LogP contribution < -0.4 is 4.74 Å². The number of ether oxygens (including phenoxy) is 1. The fraction of sp³-hybridized carbons (Fsp3) is 0.667. The van der Waals surface area contributed by atoms with Crippen molar-refractivity contribution in [1.29, 1.82) is 0 Å². The molecule has 0 amide bonds. The van der Waals surface area contributed by atoms with Crippen molar-refractivity contribution in [3.63, 3.8) is 0 Å². The Labute approximate surface area is 129 Å². The SMILES string of the molecule is COc1ccccc1[C@H](C)N(C)CC1CN(C(C)(C)C)C1. The van der Waals surface area contributed by atoms with Gasteiger partial charge in [-0.1, -0.05) is 18.2 Å². The van der Waals surface area contributed by atoms with Crippen LogP contribution in [0, 0.1) is 5.92 Å². The average Bonchev–Trinajstić information content (AvgIpc) is 2.39. The molecular formula is C18H30N2O.